The normalized spacial score (nSPS) is 35.9. The molecule has 0 aromatic carbocycles. The summed E-state index contributed by atoms with van der Waals surface area (Å²) >= 11 is 0. The molecular weight excluding hydrogens is 272 g/mol. The fourth-order valence-corrected chi connectivity index (χ4v) is 4.22. The van der Waals surface area contributed by atoms with Gasteiger partial charge < -0.3 is 13.9 Å². The van der Waals surface area contributed by atoms with Gasteiger partial charge in [0.15, 0.2) is 8.32 Å². The van der Waals surface area contributed by atoms with Crippen molar-refractivity contribution in [2.45, 2.75) is 83.6 Å². The fourth-order valence-electron chi connectivity index (χ4n) is 2.79. The Balaban J connectivity index is 2.00. The number of hydrogen-bond donors (Lipinski definition) is 0. The van der Waals surface area contributed by atoms with E-state index in [0.717, 1.165) is 6.42 Å². The Labute approximate surface area is 123 Å². The molecule has 2 rings (SSSR count). The van der Waals surface area contributed by atoms with Crippen LogP contribution in [0.4, 0.5) is 0 Å². The summed E-state index contributed by atoms with van der Waals surface area (Å²) in [5.74, 6) is -0.702. The first-order valence-corrected chi connectivity index (χ1v) is 10.4. The van der Waals surface area contributed by atoms with Crippen molar-refractivity contribution in [2.24, 2.45) is 5.92 Å². The lowest BCUT2D eigenvalue weighted by atomic mass is 9.95. The molecule has 2 fully saturated rings. The SMILES string of the molecule is C[C@H](O[Si](C)(C)C(C)(C)C)[C@H]1C[C@@H]2CC(=O)O[C@]2(C)O1. The molecule has 0 N–H and O–H groups in total. The van der Waals surface area contributed by atoms with Crippen molar-refractivity contribution in [3.8, 4) is 0 Å². The molecule has 4 atom stereocenters. The molecule has 116 valence electrons. The highest BCUT2D eigenvalue weighted by atomic mass is 28.4. The van der Waals surface area contributed by atoms with Crippen LogP contribution < -0.4 is 0 Å². The zero-order valence-electron chi connectivity index (χ0n) is 13.8. The van der Waals surface area contributed by atoms with Crippen molar-refractivity contribution in [1.29, 1.82) is 0 Å². The second-order valence-electron chi connectivity index (χ2n) is 7.87. The minimum Gasteiger partial charge on any atom is -0.433 e. The summed E-state index contributed by atoms with van der Waals surface area (Å²) in [6.07, 6.45) is 1.38. The molecule has 0 aromatic heterocycles. The van der Waals surface area contributed by atoms with Crippen LogP contribution in [-0.4, -0.2) is 32.3 Å². The third kappa shape index (κ3) is 2.80. The smallest absolute Gasteiger partial charge is 0.308 e. The van der Waals surface area contributed by atoms with Gasteiger partial charge in [-0.15, -0.1) is 0 Å². The Morgan fingerprint density at radius 1 is 1.40 bits per heavy atom. The van der Waals surface area contributed by atoms with Crippen molar-refractivity contribution in [3.63, 3.8) is 0 Å². The molecule has 2 heterocycles. The summed E-state index contributed by atoms with van der Waals surface area (Å²) in [5.41, 5.74) is 0. The number of ether oxygens (including phenoxy) is 2. The van der Waals surface area contributed by atoms with Crippen LogP contribution in [0, 0.1) is 5.92 Å². The Morgan fingerprint density at radius 2 is 2.00 bits per heavy atom. The molecule has 0 saturated carbocycles. The summed E-state index contributed by atoms with van der Waals surface area (Å²) in [6, 6.07) is 0. The molecule has 0 spiro atoms. The van der Waals surface area contributed by atoms with Crippen LogP contribution in [0.3, 0.4) is 0 Å². The second kappa shape index (κ2) is 4.82. The van der Waals surface area contributed by atoms with E-state index in [2.05, 4.69) is 40.8 Å². The molecule has 2 aliphatic heterocycles. The van der Waals surface area contributed by atoms with Gasteiger partial charge in [0.05, 0.1) is 18.6 Å². The quantitative estimate of drug-likeness (QED) is 0.591. The first-order chi connectivity index (χ1) is 8.95. The molecule has 5 heteroatoms. The Morgan fingerprint density at radius 3 is 2.50 bits per heavy atom. The topological polar surface area (TPSA) is 44.8 Å². The van der Waals surface area contributed by atoms with Gasteiger partial charge in [-0.05, 0) is 31.5 Å². The van der Waals surface area contributed by atoms with Crippen molar-refractivity contribution in [1.82, 2.24) is 0 Å². The zero-order valence-corrected chi connectivity index (χ0v) is 14.8. The van der Waals surface area contributed by atoms with Crippen LogP contribution in [-0.2, 0) is 18.7 Å². The summed E-state index contributed by atoms with van der Waals surface area (Å²) in [5, 5.41) is 0.187. The lowest BCUT2D eigenvalue weighted by molar-refractivity contribution is -0.213. The average Bonchev–Trinajstić information content (AvgIpc) is 2.65. The van der Waals surface area contributed by atoms with Crippen LogP contribution >= 0.6 is 0 Å². The Bertz CT molecular complexity index is 401. The van der Waals surface area contributed by atoms with Crippen molar-refractivity contribution >= 4 is 14.3 Å². The van der Waals surface area contributed by atoms with Gasteiger partial charge in [-0.3, -0.25) is 4.79 Å². The van der Waals surface area contributed by atoms with Gasteiger partial charge in [0.2, 0.25) is 5.79 Å². The van der Waals surface area contributed by atoms with E-state index in [-0.39, 0.29) is 29.1 Å². The average molecular weight is 300 g/mol. The molecule has 20 heavy (non-hydrogen) atoms. The predicted molar refractivity (Wildman–Crippen MR) is 79.8 cm³/mol. The largest absolute Gasteiger partial charge is 0.433 e. The standard InChI is InChI=1S/C15H28O4Si/c1-10(19-20(6,7)14(2,3)4)12-8-11-9-13(16)18-15(11,5)17-12/h10-12H,8-9H2,1-7H3/t10-,11+,12+,15-/m0/s1. The number of carbonyl (C=O) groups excluding carboxylic acids is 1. The minimum absolute atomic E-state index is 0.0206. The summed E-state index contributed by atoms with van der Waals surface area (Å²) < 4.78 is 17.8. The number of hydrogen-bond acceptors (Lipinski definition) is 4. The number of rotatable bonds is 3. The van der Waals surface area contributed by atoms with E-state index in [1.807, 2.05) is 6.92 Å². The van der Waals surface area contributed by atoms with E-state index in [4.69, 9.17) is 13.9 Å². The first kappa shape index (κ1) is 16.0. The van der Waals surface area contributed by atoms with E-state index in [1.165, 1.54) is 0 Å². The van der Waals surface area contributed by atoms with Crippen LogP contribution in [0.25, 0.3) is 0 Å². The van der Waals surface area contributed by atoms with Crippen LogP contribution in [0.2, 0.25) is 18.1 Å². The van der Waals surface area contributed by atoms with Crippen molar-refractivity contribution < 1.29 is 18.7 Å². The van der Waals surface area contributed by atoms with Gasteiger partial charge >= 0.3 is 5.97 Å². The zero-order chi connectivity index (χ0) is 15.3. The third-order valence-corrected chi connectivity index (χ3v) is 9.76. The van der Waals surface area contributed by atoms with Crippen LogP contribution in [0.1, 0.15) is 47.5 Å². The lowest BCUT2D eigenvalue weighted by Gasteiger charge is -2.39. The maximum atomic E-state index is 11.4. The van der Waals surface area contributed by atoms with Gasteiger partial charge in [-0.1, -0.05) is 20.8 Å². The highest BCUT2D eigenvalue weighted by Gasteiger charge is 2.55. The molecule has 2 aliphatic rings. The second-order valence-corrected chi connectivity index (χ2v) is 12.6. The van der Waals surface area contributed by atoms with Gasteiger partial charge in [0.25, 0.3) is 0 Å². The van der Waals surface area contributed by atoms with E-state index in [9.17, 15) is 4.79 Å². The van der Waals surface area contributed by atoms with Crippen LogP contribution in [0.15, 0.2) is 0 Å². The van der Waals surface area contributed by atoms with Crippen LogP contribution in [0.5, 0.6) is 0 Å². The fraction of sp³-hybridized carbons (Fsp3) is 0.933. The molecule has 0 radical (unpaired) electrons. The Hall–Kier alpha value is -0.393. The van der Waals surface area contributed by atoms with E-state index in [0.29, 0.717) is 6.42 Å². The number of carbonyl (C=O) groups is 1. The highest BCUT2D eigenvalue weighted by molar-refractivity contribution is 6.74. The molecule has 0 unspecified atom stereocenters. The van der Waals surface area contributed by atoms with E-state index >= 15 is 0 Å². The minimum atomic E-state index is -1.80. The predicted octanol–water partition coefficient (Wildman–Crippen LogP) is 3.46. The third-order valence-electron chi connectivity index (χ3n) is 5.18. The first-order valence-electron chi connectivity index (χ1n) is 7.52. The molecule has 4 nitrogen and oxygen atoms in total. The van der Waals surface area contributed by atoms with Gasteiger partial charge in [0, 0.05) is 12.8 Å². The van der Waals surface area contributed by atoms with E-state index < -0.39 is 14.1 Å². The monoisotopic (exact) mass is 300 g/mol. The maximum Gasteiger partial charge on any atom is 0.308 e. The Kier molecular flexibility index (Phi) is 3.85. The molecule has 0 bridgehead atoms. The summed E-state index contributed by atoms with van der Waals surface area (Å²) in [6.45, 7) is 15.2. The number of esters is 1. The van der Waals surface area contributed by atoms with E-state index in [1.54, 1.807) is 0 Å². The summed E-state index contributed by atoms with van der Waals surface area (Å²) in [7, 11) is -1.80. The number of fused-ring (bicyclic) bond motifs is 1. The van der Waals surface area contributed by atoms with Crippen molar-refractivity contribution in [3.05, 3.63) is 0 Å². The van der Waals surface area contributed by atoms with Crippen molar-refractivity contribution in [2.75, 3.05) is 0 Å². The summed E-state index contributed by atoms with van der Waals surface area (Å²) in [4.78, 5) is 11.4. The maximum absolute atomic E-state index is 11.4. The molecule has 0 amide bonds. The highest BCUT2D eigenvalue weighted by Crippen LogP contribution is 2.46. The molecule has 0 aromatic rings. The van der Waals surface area contributed by atoms with Gasteiger partial charge in [-0.25, -0.2) is 0 Å². The lowest BCUT2D eigenvalue weighted by Crippen LogP contribution is -2.46. The van der Waals surface area contributed by atoms with Gasteiger partial charge in [-0.2, -0.15) is 0 Å². The molecular formula is C15H28O4Si. The molecule has 0 aliphatic carbocycles. The molecule has 2 saturated heterocycles. The van der Waals surface area contributed by atoms with Gasteiger partial charge in [0.1, 0.15) is 0 Å².